The molecular formula is C32H39N3O6. The van der Waals surface area contributed by atoms with E-state index in [4.69, 9.17) is 4.74 Å². The maximum Gasteiger partial charge on any atom is 0.418 e. The summed E-state index contributed by atoms with van der Waals surface area (Å²) in [7, 11) is 0. The molecule has 2 aliphatic carbocycles. The average molecular weight is 562 g/mol. The number of nitrogens with one attached hydrogen (secondary N) is 1. The van der Waals surface area contributed by atoms with Gasteiger partial charge in [-0.3, -0.25) is 14.4 Å². The quantitative estimate of drug-likeness (QED) is 0.432. The molecule has 218 valence electrons. The molecule has 0 radical (unpaired) electrons. The summed E-state index contributed by atoms with van der Waals surface area (Å²) >= 11 is 0. The average Bonchev–Trinajstić information content (AvgIpc) is 3.74. The van der Waals surface area contributed by atoms with Gasteiger partial charge in [0.25, 0.3) is 11.8 Å². The van der Waals surface area contributed by atoms with Gasteiger partial charge in [-0.05, 0) is 61.3 Å². The van der Waals surface area contributed by atoms with Crippen LogP contribution < -0.4 is 5.32 Å². The van der Waals surface area contributed by atoms with Crippen molar-refractivity contribution in [1.82, 2.24) is 15.1 Å². The molecule has 5 rings (SSSR count). The number of benzene rings is 2. The van der Waals surface area contributed by atoms with Crippen LogP contribution in [0.15, 0.2) is 48.5 Å². The van der Waals surface area contributed by atoms with Gasteiger partial charge in [0.2, 0.25) is 11.5 Å². The van der Waals surface area contributed by atoms with Crippen LogP contribution in [-0.2, 0) is 32.9 Å². The smallest absolute Gasteiger partial charge is 0.418 e. The topological polar surface area (TPSA) is 116 Å². The Kier molecular flexibility index (Phi) is 8.18. The summed E-state index contributed by atoms with van der Waals surface area (Å²) in [6.07, 6.45) is 2.81. The number of ether oxygens (including phenoxy) is 1. The molecule has 9 nitrogen and oxygen atoms in total. The second kappa shape index (κ2) is 11.6. The zero-order chi connectivity index (χ0) is 29.3. The molecule has 41 heavy (non-hydrogen) atoms. The van der Waals surface area contributed by atoms with E-state index in [2.05, 4.69) is 5.32 Å². The predicted molar refractivity (Wildman–Crippen MR) is 152 cm³/mol. The van der Waals surface area contributed by atoms with Crippen LogP contribution in [0.4, 0.5) is 4.79 Å². The lowest BCUT2D eigenvalue weighted by Crippen LogP contribution is -2.47. The molecule has 1 spiro atoms. The Morgan fingerprint density at radius 1 is 1.15 bits per heavy atom. The molecule has 0 aromatic heterocycles. The number of fused-ring (bicyclic) bond motifs is 2. The second-order valence-corrected chi connectivity index (χ2v) is 11.7. The van der Waals surface area contributed by atoms with Gasteiger partial charge in [-0.15, -0.1) is 0 Å². The summed E-state index contributed by atoms with van der Waals surface area (Å²) in [5.41, 5.74) is 1.22. The van der Waals surface area contributed by atoms with Crippen LogP contribution in [0.1, 0.15) is 73.5 Å². The van der Waals surface area contributed by atoms with E-state index in [1.807, 2.05) is 51.1 Å². The third-order valence-corrected chi connectivity index (χ3v) is 9.07. The summed E-state index contributed by atoms with van der Waals surface area (Å²) in [4.78, 5) is 56.0. The van der Waals surface area contributed by atoms with E-state index in [1.54, 1.807) is 23.1 Å². The van der Waals surface area contributed by atoms with Crippen molar-refractivity contribution in [1.29, 1.82) is 0 Å². The lowest BCUT2D eigenvalue weighted by Gasteiger charge is -2.30. The van der Waals surface area contributed by atoms with E-state index in [1.165, 1.54) is 0 Å². The molecule has 9 heteroatoms. The summed E-state index contributed by atoms with van der Waals surface area (Å²) in [5, 5.41) is 12.6. The number of rotatable bonds is 11. The number of aliphatic hydroxyl groups is 1. The minimum Gasteiger partial charge on any atom is -0.427 e. The Labute approximate surface area is 240 Å². The first kappa shape index (κ1) is 28.8. The van der Waals surface area contributed by atoms with Gasteiger partial charge >= 0.3 is 6.09 Å². The van der Waals surface area contributed by atoms with Gasteiger partial charge in [-0.1, -0.05) is 56.7 Å². The Bertz CT molecular complexity index is 1330. The fourth-order valence-corrected chi connectivity index (χ4v) is 6.00. The monoisotopic (exact) mass is 561 g/mol. The molecule has 1 unspecified atom stereocenters. The van der Waals surface area contributed by atoms with Gasteiger partial charge in [0.15, 0.2) is 0 Å². The molecule has 3 aliphatic rings. The fourth-order valence-electron chi connectivity index (χ4n) is 6.00. The first-order chi connectivity index (χ1) is 19.7. The lowest BCUT2D eigenvalue weighted by molar-refractivity contribution is -0.143. The lowest BCUT2D eigenvalue weighted by atomic mass is 9.93. The minimum atomic E-state index is -1.49. The van der Waals surface area contributed by atoms with E-state index >= 15 is 0 Å². The number of hydrogen-bond acceptors (Lipinski definition) is 6. The molecule has 1 saturated heterocycles. The second-order valence-electron chi connectivity index (χ2n) is 11.7. The van der Waals surface area contributed by atoms with E-state index in [0.717, 1.165) is 35.3 Å². The molecule has 2 N–H and O–H groups in total. The SMILES string of the molecule is CCC(C)[C@H](CO)NC(=O)c1ccc2c(c1)CC[C@@]21OC(=O)N(CC(=O)N(Cc2ccccc2)[C@@H](C)C2CC2)C1=O. The zero-order valence-electron chi connectivity index (χ0n) is 24.0. The first-order valence-corrected chi connectivity index (χ1v) is 14.6. The molecule has 2 aromatic rings. The maximum atomic E-state index is 13.7. The highest BCUT2D eigenvalue weighted by Gasteiger charge is 2.58. The number of hydrogen-bond donors (Lipinski definition) is 2. The molecule has 2 aromatic carbocycles. The predicted octanol–water partition coefficient (Wildman–Crippen LogP) is 3.77. The number of aliphatic hydroxyl groups excluding tert-OH is 1. The highest BCUT2D eigenvalue weighted by Crippen LogP contribution is 2.45. The van der Waals surface area contributed by atoms with Crippen molar-refractivity contribution in [3.63, 3.8) is 0 Å². The van der Waals surface area contributed by atoms with Crippen molar-refractivity contribution in [3.05, 3.63) is 70.8 Å². The van der Waals surface area contributed by atoms with Crippen LogP contribution in [0, 0.1) is 11.8 Å². The maximum absolute atomic E-state index is 13.7. The summed E-state index contributed by atoms with van der Waals surface area (Å²) in [5.74, 6) is -0.607. The number of imide groups is 1. The standard InChI is InChI=1S/C32H39N3O6/c1-4-20(2)27(19-36)33-29(38)25-12-13-26-24(16-25)14-15-32(26)30(39)35(31(40)41-32)18-28(37)34(21(3)23-10-11-23)17-22-8-6-5-7-9-22/h5-9,12-13,16,20-21,23,27,36H,4,10-11,14-15,17-19H2,1-3H3,(H,33,38)/t20?,21-,27-,32+/m0/s1. The summed E-state index contributed by atoms with van der Waals surface area (Å²) < 4.78 is 5.74. The van der Waals surface area contributed by atoms with E-state index in [0.29, 0.717) is 30.0 Å². The van der Waals surface area contributed by atoms with Crippen LogP contribution in [0.2, 0.25) is 0 Å². The van der Waals surface area contributed by atoms with Crippen molar-refractivity contribution in [2.24, 2.45) is 11.8 Å². The van der Waals surface area contributed by atoms with Crippen molar-refractivity contribution in [3.8, 4) is 0 Å². The molecule has 0 bridgehead atoms. The number of nitrogens with zero attached hydrogens (tertiary/aromatic N) is 2. The zero-order valence-corrected chi connectivity index (χ0v) is 24.0. The Balaban J connectivity index is 1.32. The van der Waals surface area contributed by atoms with E-state index < -0.39 is 17.6 Å². The van der Waals surface area contributed by atoms with Crippen molar-refractivity contribution < 1.29 is 29.0 Å². The molecular weight excluding hydrogens is 522 g/mol. The molecule has 2 fully saturated rings. The number of aryl methyl sites for hydroxylation is 1. The van der Waals surface area contributed by atoms with Crippen LogP contribution >= 0.6 is 0 Å². The van der Waals surface area contributed by atoms with Crippen molar-refractivity contribution >= 4 is 23.8 Å². The highest BCUT2D eigenvalue weighted by molar-refractivity contribution is 6.06. The number of carbonyl (C=O) groups excluding carboxylic acids is 4. The Morgan fingerprint density at radius 3 is 2.54 bits per heavy atom. The normalized spacial score (nSPS) is 21.8. The van der Waals surface area contributed by atoms with E-state index in [-0.39, 0.29) is 49.4 Å². The van der Waals surface area contributed by atoms with Crippen LogP contribution in [0.25, 0.3) is 0 Å². The molecule has 1 aliphatic heterocycles. The van der Waals surface area contributed by atoms with Gasteiger partial charge in [0, 0.05) is 30.1 Å². The molecule has 4 amide bonds. The Hall–Kier alpha value is -3.72. The Morgan fingerprint density at radius 2 is 1.88 bits per heavy atom. The molecule has 1 saturated carbocycles. The third kappa shape index (κ3) is 5.60. The van der Waals surface area contributed by atoms with Crippen molar-refractivity contribution in [2.75, 3.05) is 13.2 Å². The van der Waals surface area contributed by atoms with Gasteiger partial charge in [-0.25, -0.2) is 9.69 Å². The largest absolute Gasteiger partial charge is 0.427 e. The fraction of sp³-hybridized carbons (Fsp3) is 0.500. The van der Waals surface area contributed by atoms with Gasteiger partial charge < -0.3 is 20.1 Å². The molecule has 4 atom stereocenters. The number of amides is 4. The van der Waals surface area contributed by atoms with Crippen LogP contribution in [0.5, 0.6) is 0 Å². The van der Waals surface area contributed by atoms with Gasteiger partial charge in [-0.2, -0.15) is 0 Å². The summed E-state index contributed by atoms with van der Waals surface area (Å²) in [6.45, 7) is 5.86. The minimum absolute atomic E-state index is 0.00656. The molecule has 1 heterocycles. The summed E-state index contributed by atoms with van der Waals surface area (Å²) in [6, 6.07) is 14.3. The number of carbonyl (C=O) groups is 4. The van der Waals surface area contributed by atoms with Gasteiger partial charge in [0.1, 0.15) is 6.54 Å². The first-order valence-electron chi connectivity index (χ1n) is 14.6. The van der Waals surface area contributed by atoms with Crippen molar-refractivity contribution in [2.45, 2.75) is 77.1 Å². The van der Waals surface area contributed by atoms with E-state index in [9.17, 15) is 24.3 Å². The third-order valence-electron chi connectivity index (χ3n) is 9.07. The van der Waals surface area contributed by atoms with Crippen LogP contribution in [0.3, 0.4) is 0 Å². The highest BCUT2D eigenvalue weighted by atomic mass is 16.6. The van der Waals surface area contributed by atoms with Crippen LogP contribution in [-0.4, -0.2) is 64.0 Å². The van der Waals surface area contributed by atoms with Gasteiger partial charge in [0.05, 0.1) is 12.6 Å².